The molecule has 0 N–H and O–H groups in total. The first-order valence-corrected chi connectivity index (χ1v) is 16.7. The van der Waals surface area contributed by atoms with E-state index in [-0.39, 0.29) is 17.5 Å². The third-order valence-electron chi connectivity index (χ3n) is 12.0. The third kappa shape index (κ3) is 2.99. The van der Waals surface area contributed by atoms with Crippen LogP contribution in [0.2, 0.25) is 0 Å². The zero-order chi connectivity index (χ0) is 31.9. The predicted octanol–water partition coefficient (Wildman–Crippen LogP) is 7.83. The molecule has 4 aliphatic heterocycles. The zero-order valence-electron chi connectivity index (χ0n) is 27.1. The minimum atomic E-state index is -0.514. The lowest BCUT2D eigenvalue weighted by molar-refractivity contribution is 0.613. The van der Waals surface area contributed by atoms with Gasteiger partial charge in [0.05, 0.1) is 28.4 Å². The number of nitriles is 1. The Morgan fingerprint density at radius 1 is 0.489 bits per heavy atom. The summed E-state index contributed by atoms with van der Waals surface area (Å²) in [6.07, 6.45) is 0. The average molecular weight is 601 g/mol. The number of fused-ring (bicyclic) bond motifs is 6. The molecule has 3 heteroatoms. The van der Waals surface area contributed by atoms with Crippen molar-refractivity contribution in [3.63, 3.8) is 0 Å². The van der Waals surface area contributed by atoms with Crippen LogP contribution in [0, 0.1) is 11.3 Å². The highest BCUT2D eigenvalue weighted by Crippen LogP contribution is 2.59. The van der Waals surface area contributed by atoms with Crippen molar-refractivity contribution in [3.05, 3.63) is 177 Å². The number of nitrogens with zero attached hydrogens (tertiary/aromatic N) is 2. The van der Waals surface area contributed by atoms with Crippen LogP contribution in [0.25, 0.3) is 0 Å². The van der Waals surface area contributed by atoms with Gasteiger partial charge in [0.15, 0.2) is 0 Å². The van der Waals surface area contributed by atoms with Crippen molar-refractivity contribution in [2.24, 2.45) is 0 Å². The molecular weight excluding hydrogens is 567 g/mol. The summed E-state index contributed by atoms with van der Waals surface area (Å²) in [5.74, 6) is 0. The molecule has 6 aromatic rings. The van der Waals surface area contributed by atoms with Crippen molar-refractivity contribution in [1.29, 1.82) is 5.26 Å². The topological polar surface area (TPSA) is 27.0 Å². The molecule has 2 nitrogen and oxygen atoms in total. The number of para-hydroxylation sites is 3. The Morgan fingerprint density at radius 3 is 1.43 bits per heavy atom. The highest BCUT2D eigenvalue weighted by atomic mass is 15.2. The molecule has 4 aliphatic rings. The fraction of sp³-hybridized carbons (Fsp3) is 0.159. The zero-order valence-corrected chi connectivity index (χ0v) is 27.1. The summed E-state index contributed by atoms with van der Waals surface area (Å²) in [6, 6.07) is 50.0. The second-order valence-corrected chi connectivity index (χ2v) is 14.8. The van der Waals surface area contributed by atoms with Crippen LogP contribution < -0.4 is 21.3 Å². The van der Waals surface area contributed by atoms with Crippen LogP contribution in [-0.4, -0.2) is 6.71 Å². The van der Waals surface area contributed by atoms with E-state index in [1.807, 2.05) is 0 Å². The van der Waals surface area contributed by atoms with Gasteiger partial charge in [0.1, 0.15) is 0 Å². The normalized spacial score (nSPS) is 17.3. The van der Waals surface area contributed by atoms with Gasteiger partial charge in [0.25, 0.3) is 0 Å². The first kappa shape index (κ1) is 26.8. The van der Waals surface area contributed by atoms with Crippen molar-refractivity contribution in [1.82, 2.24) is 0 Å². The van der Waals surface area contributed by atoms with Crippen molar-refractivity contribution in [2.75, 3.05) is 4.90 Å². The Kier molecular flexibility index (Phi) is 4.98. The molecule has 4 heterocycles. The summed E-state index contributed by atoms with van der Waals surface area (Å²) in [6.45, 7) is 9.58. The van der Waals surface area contributed by atoms with E-state index in [4.69, 9.17) is 0 Å². The summed E-state index contributed by atoms with van der Waals surface area (Å²) >= 11 is 0. The van der Waals surface area contributed by atoms with E-state index >= 15 is 0 Å². The monoisotopic (exact) mass is 600 g/mol. The van der Waals surface area contributed by atoms with E-state index in [9.17, 15) is 5.26 Å². The molecule has 0 fully saturated rings. The van der Waals surface area contributed by atoms with Crippen LogP contribution >= 0.6 is 0 Å². The largest absolute Gasteiger partial charge is 0.310 e. The maximum absolute atomic E-state index is 10.2. The van der Waals surface area contributed by atoms with Crippen LogP contribution in [0.1, 0.15) is 77.8 Å². The summed E-state index contributed by atoms with van der Waals surface area (Å²) < 4.78 is 0. The lowest BCUT2D eigenvalue weighted by Gasteiger charge is -2.56. The molecule has 0 aliphatic carbocycles. The molecule has 0 aromatic heterocycles. The van der Waals surface area contributed by atoms with E-state index in [0.29, 0.717) is 0 Å². The van der Waals surface area contributed by atoms with Crippen molar-refractivity contribution in [2.45, 2.75) is 43.9 Å². The van der Waals surface area contributed by atoms with Crippen LogP contribution in [0.15, 0.2) is 127 Å². The predicted molar refractivity (Wildman–Crippen MR) is 193 cm³/mol. The second-order valence-electron chi connectivity index (χ2n) is 14.8. The molecule has 0 bridgehead atoms. The van der Waals surface area contributed by atoms with E-state index in [1.54, 1.807) is 0 Å². The van der Waals surface area contributed by atoms with E-state index in [1.165, 1.54) is 72.3 Å². The minimum absolute atomic E-state index is 0.114. The fourth-order valence-electron chi connectivity index (χ4n) is 10.1. The van der Waals surface area contributed by atoms with Gasteiger partial charge in [-0.3, -0.25) is 0 Å². The molecule has 222 valence electrons. The first-order chi connectivity index (χ1) is 22.8. The van der Waals surface area contributed by atoms with Gasteiger partial charge in [-0.05, 0) is 80.9 Å². The minimum Gasteiger partial charge on any atom is -0.310 e. The average Bonchev–Trinajstić information content (AvgIpc) is 3.10. The summed E-state index contributed by atoms with van der Waals surface area (Å²) in [4.78, 5) is 2.46. The second kappa shape index (κ2) is 8.72. The number of hydrogen-bond acceptors (Lipinski definition) is 2. The Balaban J connectivity index is 1.43. The van der Waals surface area contributed by atoms with Gasteiger partial charge >= 0.3 is 0 Å². The molecule has 0 saturated carbocycles. The molecule has 0 atom stereocenters. The molecule has 6 aromatic carbocycles. The van der Waals surface area contributed by atoms with Crippen molar-refractivity contribution >= 4 is 40.2 Å². The SMILES string of the molecule is CC1(C)c2cc(C#N)cc3c2B2c4c1cccc4C1(c4ccccc4N(c4ccccc4)c4ccccc41)c1cccc(c12)C3(C)C. The summed E-state index contributed by atoms with van der Waals surface area (Å²) in [7, 11) is 0. The Labute approximate surface area is 277 Å². The first-order valence-electron chi connectivity index (χ1n) is 16.7. The maximum atomic E-state index is 10.2. The van der Waals surface area contributed by atoms with Gasteiger partial charge in [-0.25, -0.2) is 0 Å². The van der Waals surface area contributed by atoms with Crippen molar-refractivity contribution < 1.29 is 0 Å². The van der Waals surface area contributed by atoms with Gasteiger partial charge in [0, 0.05) is 16.5 Å². The molecule has 1 spiro atoms. The molecule has 0 unspecified atom stereocenters. The van der Waals surface area contributed by atoms with Gasteiger partial charge in [-0.2, -0.15) is 5.26 Å². The Morgan fingerprint density at radius 2 is 0.915 bits per heavy atom. The number of hydrogen-bond donors (Lipinski definition) is 0. The standard InChI is InChI=1S/C44H33BN2/c1-42(2)31-18-12-20-33-39(31)45-40-32(43(3,4)36-25-27(26-46)24-35(42)41(36)45)19-13-21-34(40)44(33)29-16-8-10-22-37(29)47(28-14-6-5-7-15-28)38-23-11-9-17-30(38)44/h5-25H,1-4H3. The van der Waals surface area contributed by atoms with E-state index < -0.39 is 5.41 Å². The van der Waals surface area contributed by atoms with Gasteiger partial charge in [-0.1, -0.05) is 135 Å². The molecule has 0 amide bonds. The van der Waals surface area contributed by atoms with E-state index in [2.05, 4.69) is 166 Å². The fourth-order valence-corrected chi connectivity index (χ4v) is 10.1. The molecule has 47 heavy (non-hydrogen) atoms. The number of anilines is 3. The van der Waals surface area contributed by atoms with Crippen LogP contribution in [0.3, 0.4) is 0 Å². The van der Waals surface area contributed by atoms with E-state index in [0.717, 1.165) is 11.3 Å². The lowest BCUT2D eigenvalue weighted by Crippen LogP contribution is -2.72. The molecule has 10 rings (SSSR count). The number of rotatable bonds is 1. The van der Waals surface area contributed by atoms with Gasteiger partial charge < -0.3 is 4.90 Å². The quantitative estimate of drug-likeness (QED) is 0.180. The van der Waals surface area contributed by atoms with Crippen molar-refractivity contribution in [3.8, 4) is 6.07 Å². The van der Waals surface area contributed by atoms with Gasteiger partial charge in [0.2, 0.25) is 6.71 Å². The third-order valence-corrected chi connectivity index (χ3v) is 12.0. The summed E-state index contributed by atoms with van der Waals surface area (Å²) in [5, 5.41) is 10.2. The molecule has 0 radical (unpaired) electrons. The van der Waals surface area contributed by atoms with Crippen LogP contribution in [0.4, 0.5) is 17.1 Å². The lowest BCUT2D eigenvalue weighted by atomic mass is 9.23. The van der Waals surface area contributed by atoms with Crippen LogP contribution in [-0.2, 0) is 16.2 Å². The van der Waals surface area contributed by atoms with Crippen LogP contribution in [0.5, 0.6) is 0 Å². The smallest absolute Gasteiger partial charge is 0.243 e. The Hall–Kier alpha value is -5.33. The van der Waals surface area contributed by atoms with Gasteiger partial charge in [-0.15, -0.1) is 0 Å². The molecular formula is C44H33BN2. The maximum Gasteiger partial charge on any atom is 0.243 e. The molecule has 0 saturated heterocycles. The number of benzene rings is 6. The highest BCUT2D eigenvalue weighted by molar-refractivity contribution is 6.98. The highest BCUT2D eigenvalue weighted by Gasteiger charge is 2.59. The summed E-state index contributed by atoms with van der Waals surface area (Å²) in [5.41, 5.74) is 18.3. The Bertz CT molecular complexity index is 2260.